The van der Waals surface area contributed by atoms with Gasteiger partial charge in [-0.3, -0.25) is 9.59 Å². The van der Waals surface area contributed by atoms with E-state index in [0.717, 1.165) is 16.8 Å². The first-order valence-corrected chi connectivity index (χ1v) is 8.06. The van der Waals surface area contributed by atoms with Crippen LogP contribution in [0.2, 0.25) is 0 Å². The maximum atomic E-state index is 12.9. The second-order valence-corrected chi connectivity index (χ2v) is 6.38. The van der Waals surface area contributed by atoms with E-state index in [-0.39, 0.29) is 5.91 Å². The van der Waals surface area contributed by atoms with Crippen LogP contribution < -0.4 is 9.64 Å². The standard InChI is InChI=1S/C20H21NO4/c1-13-5-7-14(8-6-13)17-20(2,19(23)25-4)18(22)21(17)15-9-11-16(24-3)12-10-15/h5-12,17H,1-4H3/t17-,20+/m1/s1. The number of hydrogen-bond donors (Lipinski definition) is 0. The molecule has 0 radical (unpaired) electrons. The Morgan fingerprint density at radius 3 is 2.16 bits per heavy atom. The Bertz CT molecular complexity index is 797. The highest BCUT2D eigenvalue weighted by molar-refractivity contribution is 6.17. The normalized spacial score (nSPS) is 22.3. The quantitative estimate of drug-likeness (QED) is 0.487. The fraction of sp³-hybridized carbons (Fsp3) is 0.300. The van der Waals surface area contributed by atoms with Crippen LogP contribution in [0.3, 0.4) is 0 Å². The Labute approximate surface area is 147 Å². The topological polar surface area (TPSA) is 55.8 Å². The largest absolute Gasteiger partial charge is 0.497 e. The Balaban J connectivity index is 2.05. The van der Waals surface area contributed by atoms with Gasteiger partial charge in [0.05, 0.1) is 20.3 Å². The van der Waals surface area contributed by atoms with E-state index in [0.29, 0.717) is 5.75 Å². The molecule has 0 unspecified atom stereocenters. The summed E-state index contributed by atoms with van der Waals surface area (Å²) in [5, 5.41) is 0. The van der Waals surface area contributed by atoms with E-state index in [9.17, 15) is 9.59 Å². The molecule has 1 amide bonds. The Kier molecular flexibility index (Phi) is 4.25. The van der Waals surface area contributed by atoms with Crippen molar-refractivity contribution in [3.63, 3.8) is 0 Å². The zero-order chi connectivity index (χ0) is 18.2. The number of carbonyl (C=O) groups excluding carboxylic acids is 2. The molecule has 1 aliphatic rings. The van der Waals surface area contributed by atoms with Gasteiger partial charge in [-0.15, -0.1) is 0 Å². The van der Waals surface area contributed by atoms with Crippen molar-refractivity contribution < 1.29 is 19.1 Å². The van der Waals surface area contributed by atoms with Crippen LogP contribution in [0.5, 0.6) is 5.75 Å². The number of β-lactam (4-membered cyclic amide) rings is 1. The van der Waals surface area contributed by atoms with Gasteiger partial charge < -0.3 is 14.4 Å². The number of amides is 1. The molecule has 2 aromatic rings. The SMILES string of the molecule is COC(=O)[C@]1(C)C(=O)N(c2ccc(OC)cc2)[C@@H]1c1ccc(C)cc1. The van der Waals surface area contributed by atoms with Crippen LogP contribution in [0.4, 0.5) is 5.69 Å². The lowest BCUT2D eigenvalue weighted by atomic mass is 9.68. The third-order valence-corrected chi connectivity index (χ3v) is 4.82. The molecule has 1 saturated heterocycles. The second kappa shape index (κ2) is 6.24. The van der Waals surface area contributed by atoms with Crippen LogP contribution in [-0.2, 0) is 14.3 Å². The fourth-order valence-electron chi connectivity index (χ4n) is 3.33. The molecular weight excluding hydrogens is 318 g/mol. The summed E-state index contributed by atoms with van der Waals surface area (Å²) in [5.74, 6) is -0.0812. The van der Waals surface area contributed by atoms with E-state index in [1.165, 1.54) is 7.11 Å². The molecule has 25 heavy (non-hydrogen) atoms. The van der Waals surface area contributed by atoms with Crippen molar-refractivity contribution in [1.29, 1.82) is 0 Å². The number of carbonyl (C=O) groups is 2. The molecule has 5 nitrogen and oxygen atoms in total. The highest BCUT2D eigenvalue weighted by atomic mass is 16.5. The van der Waals surface area contributed by atoms with Crippen molar-refractivity contribution >= 4 is 17.6 Å². The highest BCUT2D eigenvalue weighted by Crippen LogP contribution is 2.52. The van der Waals surface area contributed by atoms with E-state index in [1.807, 2.05) is 43.3 Å². The molecule has 5 heteroatoms. The summed E-state index contributed by atoms with van der Waals surface area (Å²) >= 11 is 0. The summed E-state index contributed by atoms with van der Waals surface area (Å²) in [6.07, 6.45) is 0. The molecule has 3 rings (SSSR count). The van der Waals surface area contributed by atoms with Gasteiger partial charge in [0, 0.05) is 5.69 Å². The average molecular weight is 339 g/mol. The van der Waals surface area contributed by atoms with E-state index >= 15 is 0 Å². The van der Waals surface area contributed by atoms with Gasteiger partial charge in [-0.1, -0.05) is 29.8 Å². The molecule has 1 aliphatic heterocycles. The maximum Gasteiger partial charge on any atom is 0.323 e. The Morgan fingerprint density at radius 1 is 1.04 bits per heavy atom. The number of anilines is 1. The lowest BCUT2D eigenvalue weighted by Crippen LogP contribution is -2.66. The molecule has 0 N–H and O–H groups in total. The van der Waals surface area contributed by atoms with Crippen molar-refractivity contribution in [3.05, 3.63) is 59.7 Å². The summed E-state index contributed by atoms with van der Waals surface area (Å²) in [6, 6.07) is 14.6. The van der Waals surface area contributed by atoms with Crippen LogP contribution in [-0.4, -0.2) is 26.1 Å². The van der Waals surface area contributed by atoms with E-state index in [4.69, 9.17) is 9.47 Å². The zero-order valence-corrected chi connectivity index (χ0v) is 14.8. The number of nitrogens with zero attached hydrogens (tertiary/aromatic N) is 1. The number of esters is 1. The van der Waals surface area contributed by atoms with Gasteiger partial charge in [-0.05, 0) is 43.7 Å². The minimum Gasteiger partial charge on any atom is -0.497 e. The smallest absolute Gasteiger partial charge is 0.323 e. The molecule has 2 aromatic carbocycles. The van der Waals surface area contributed by atoms with Gasteiger partial charge in [0.15, 0.2) is 5.41 Å². The molecule has 0 aliphatic carbocycles. The first kappa shape index (κ1) is 17.0. The van der Waals surface area contributed by atoms with Crippen molar-refractivity contribution in [2.24, 2.45) is 5.41 Å². The van der Waals surface area contributed by atoms with Gasteiger partial charge in [-0.2, -0.15) is 0 Å². The first-order chi connectivity index (χ1) is 11.9. The van der Waals surface area contributed by atoms with Gasteiger partial charge in [-0.25, -0.2) is 0 Å². The summed E-state index contributed by atoms with van der Waals surface area (Å²) in [5.41, 5.74) is 1.50. The minimum atomic E-state index is -1.23. The predicted octanol–water partition coefficient (Wildman–Crippen LogP) is 3.27. The van der Waals surface area contributed by atoms with E-state index in [1.54, 1.807) is 31.1 Å². The van der Waals surface area contributed by atoms with Crippen molar-refractivity contribution in [1.82, 2.24) is 0 Å². The third-order valence-electron chi connectivity index (χ3n) is 4.82. The molecule has 2 atom stereocenters. The van der Waals surface area contributed by atoms with Crippen molar-refractivity contribution in [2.45, 2.75) is 19.9 Å². The van der Waals surface area contributed by atoms with Crippen LogP contribution in [0.15, 0.2) is 48.5 Å². The second-order valence-electron chi connectivity index (χ2n) is 6.38. The van der Waals surface area contributed by atoms with Gasteiger partial charge in [0.25, 0.3) is 0 Å². The van der Waals surface area contributed by atoms with E-state index in [2.05, 4.69) is 0 Å². The van der Waals surface area contributed by atoms with Gasteiger partial charge in [0.1, 0.15) is 5.75 Å². The molecule has 0 saturated carbocycles. The number of aryl methyl sites for hydroxylation is 1. The van der Waals surface area contributed by atoms with Crippen molar-refractivity contribution in [3.8, 4) is 5.75 Å². The lowest BCUT2D eigenvalue weighted by molar-refractivity contribution is -0.165. The molecule has 0 spiro atoms. The van der Waals surface area contributed by atoms with Crippen LogP contribution >= 0.6 is 0 Å². The molecular formula is C20H21NO4. The van der Waals surface area contributed by atoms with E-state index < -0.39 is 17.4 Å². The van der Waals surface area contributed by atoms with Crippen LogP contribution in [0.25, 0.3) is 0 Å². The monoisotopic (exact) mass is 339 g/mol. The maximum absolute atomic E-state index is 12.9. The van der Waals surface area contributed by atoms with Gasteiger partial charge in [0.2, 0.25) is 5.91 Å². The summed E-state index contributed by atoms with van der Waals surface area (Å²) in [6.45, 7) is 3.64. The molecule has 130 valence electrons. The number of rotatable bonds is 4. The minimum absolute atomic E-state index is 0.268. The molecule has 0 aromatic heterocycles. The lowest BCUT2D eigenvalue weighted by Gasteiger charge is -2.52. The number of methoxy groups -OCH3 is 2. The summed E-state index contributed by atoms with van der Waals surface area (Å²) in [7, 11) is 2.90. The fourth-order valence-corrected chi connectivity index (χ4v) is 3.33. The molecule has 0 bridgehead atoms. The van der Waals surface area contributed by atoms with Crippen molar-refractivity contribution in [2.75, 3.05) is 19.1 Å². The van der Waals surface area contributed by atoms with Crippen LogP contribution in [0.1, 0.15) is 24.1 Å². The Hall–Kier alpha value is -2.82. The zero-order valence-electron chi connectivity index (χ0n) is 14.8. The Morgan fingerprint density at radius 2 is 1.64 bits per heavy atom. The number of hydrogen-bond acceptors (Lipinski definition) is 4. The molecule has 1 fully saturated rings. The summed E-state index contributed by atoms with van der Waals surface area (Å²) < 4.78 is 10.1. The summed E-state index contributed by atoms with van der Waals surface area (Å²) in [4.78, 5) is 26.9. The molecule has 1 heterocycles. The average Bonchev–Trinajstić information content (AvgIpc) is 2.65. The third kappa shape index (κ3) is 2.56. The van der Waals surface area contributed by atoms with Gasteiger partial charge >= 0.3 is 5.97 Å². The highest BCUT2D eigenvalue weighted by Gasteiger charge is 2.64. The first-order valence-electron chi connectivity index (χ1n) is 8.06. The predicted molar refractivity (Wildman–Crippen MR) is 94.5 cm³/mol. The van der Waals surface area contributed by atoms with Crippen LogP contribution in [0, 0.1) is 12.3 Å². The number of ether oxygens (including phenoxy) is 2. The number of benzene rings is 2.